The molecule has 2 atom stereocenters. The van der Waals surface area contributed by atoms with Gasteiger partial charge in [0, 0.05) is 25.3 Å². The van der Waals surface area contributed by atoms with Gasteiger partial charge in [-0.05, 0) is 50.8 Å². The van der Waals surface area contributed by atoms with Crippen molar-refractivity contribution >= 4 is 11.5 Å². The molecular weight excluding hydrogens is 260 g/mol. The quantitative estimate of drug-likeness (QED) is 0.940. The second-order valence-corrected chi connectivity index (χ2v) is 6.44. The molecule has 0 aromatic carbocycles. The van der Waals surface area contributed by atoms with Crippen LogP contribution < -0.4 is 10.2 Å². The molecule has 1 saturated heterocycles. The number of fused-ring (bicyclic) bond motifs is 2. The van der Waals surface area contributed by atoms with Crippen molar-refractivity contribution < 1.29 is 0 Å². The van der Waals surface area contributed by atoms with Crippen LogP contribution in [0.2, 0.25) is 0 Å². The second kappa shape index (κ2) is 5.34. The SMILES string of the molecule is CNCc1c(N2CCCC3CCCC32)nc2ccccn12. The monoisotopic (exact) mass is 284 g/mol. The first kappa shape index (κ1) is 13.1. The Morgan fingerprint density at radius 2 is 2.14 bits per heavy atom. The molecule has 1 N–H and O–H groups in total. The first-order chi connectivity index (χ1) is 10.4. The standard InChI is InChI=1S/C17H24N4/c1-18-12-15-17(19-16-9-2-3-10-20(15)16)21-11-5-7-13-6-4-8-14(13)21/h2-3,9-10,13-14,18H,4-8,11-12H2,1H3. The molecule has 3 heterocycles. The van der Waals surface area contributed by atoms with Crippen molar-refractivity contribution in [2.45, 2.75) is 44.7 Å². The van der Waals surface area contributed by atoms with Crippen LogP contribution in [0.4, 0.5) is 5.82 Å². The van der Waals surface area contributed by atoms with Crippen LogP contribution in [0.3, 0.4) is 0 Å². The van der Waals surface area contributed by atoms with Crippen molar-refractivity contribution in [3.8, 4) is 0 Å². The number of imidazole rings is 1. The van der Waals surface area contributed by atoms with E-state index in [1.807, 2.05) is 7.05 Å². The van der Waals surface area contributed by atoms with E-state index < -0.39 is 0 Å². The molecule has 0 amide bonds. The molecule has 0 spiro atoms. The van der Waals surface area contributed by atoms with Gasteiger partial charge in [-0.15, -0.1) is 0 Å². The van der Waals surface area contributed by atoms with Crippen molar-refractivity contribution in [3.05, 3.63) is 30.1 Å². The van der Waals surface area contributed by atoms with E-state index in [9.17, 15) is 0 Å². The minimum atomic E-state index is 0.722. The van der Waals surface area contributed by atoms with Gasteiger partial charge >= 0.3 is 0 Å². The van der Waals surface area contributed by atoms with E-state index in [0.29, 0.717) is 0 Å². The molecule has 21 heavy (non-hydrogen) atoms. The maximum absolute atomic E-state index is 4.96. The van der Waals surface area contributed by atoms with Crippen LogP contribution in [-0.2, 0) is 6.54 Å². The summed E-state index contributed by atoms with van der Waals surface area (Å²) >= 11 is 0. The molecular formula is C17H24N4. The number of aromatic nitrogens is 2. The lowest BCUT2D eigenvalue weighted by atomic mass is 9.92. The van der Waals surface area contributed by atoms with Gasteiger partial charge in [0.25, 0.3) is 0 Å². The Bertz CT molecular complexity index is 633. The van der Waals surface area contributed by atoms with Crippen molar-refractivity contribution in [1.82, 2.24) is 14.7 Å². The van der Waals surface area contributed by atoms with E-state index in [2.05, 4.69) is 39.0 Å². The highest BCUT2D eigenvalue weighted by molar-refractivity contribution is 5.57. The highest BCUT2D eigenvalue weighted by Gasteiger charge is 2.37. The van der Waals surface area contributed by atoms with Gasteiger partial charge in [0.1, 0.15) is 5.65 Å². The van der Waals surface area contributed by atoms with E-state index in [1.54, 1.807) is 0 Å². The summed E-state index contributed by atoms with van der Waals surface area (Å²) < 4.78 is 2.24. The summed E-state index contributed by atoms with van der Waals surface area (Å²) in [6, 6.07) is 6.99. The summed E-state index contributed by atoms with van der Waals surface area (Å²) in [6.45, 7) is 2.04. The fraction of sp³-hybridized carbons (Fsp3) is 0.588. The van der Waals surface area contributed by atoms with Crippen LogP contribution in [0.25, 0.3) is 5.65 Å². The van der Waals surface area contributed by atoms with Crippen molar-refractivity contribution in [1.29, 1.82) is 0 Å². The zero-order valence-corrected chi connectivity index (χ0v) is 12.8. The Kier molecular flexibility index (Phi) is 3.34. The van der Waals surface area contributed by atoms with E-state index in [1.165, 1.54) is 50.2 Å². The van der Waals surface area contributed by atoms with Gasteiger partial charge in [-0.25, -0.2) is 4.98 Å². The number of piperidine rings is 1. The highest BCUT2D eigenvalue weighted by atomic mass is 15.3. The first-order valence-corrected chi connectivity index (χ1v) is 8.25. The van der Waals surface area contributed by atoms with E-state index >= 15 is 0 Å². The summed E-state index contributed by atoms with van der Waals surface area (Å²) in [7, 11) is 2.01. The number of hydrogen-bond donors (Lipinski definition) is 1. The van der Waals surface area contributed by atoms with Gasteiger partial charge in [-0.3, -0.25) is 0 Å². The van der Waals surface area contributed by atoms with Crippen LogP contribution in [-0.4, -0.2) is 29.0 Å². The van der Waals surface area contributed by atoms with Crippen LogP contribution in [0.5, 0.6) is 0 Å². The molecule has 4 nitrogen and oxygen atoms in total. The zero-order chi connectivity index (χ0) is 14.2. The number of pyridine rings is 1. The molecule has 2 fully saturated rings. The minimum absolute atomic E-state index is 0.722. The summed E-state index contributed by atoms with van der Waals surface area (Å²) in [5.74, 6) is 2.11. The minimum Gasteiger partial charge on any atom is -0.352 e. The van der Waals surface area contributed by atoms with Crippen molar-refractivity contribution in [3.63, 3.8) is 0 Å². The van der Waals surface area contributed by atoms with Crippen LogP contribution in [0, 0.1) is 5.92 Å². The summed E-state index contributed by atoms with van der Waals surface area (Å²) in [6.07, 6.45) is 9.01. The lowest BCUT2D eigenvalue weighted by Gasteiger charge is -2.38. The van der Waals surface area contributed by atoms with Crippen LogP contribution in [0.1, 0.15) is 37.8 Å². The van der Waals surface area contributed by atoms with Gasteiger partial charge in [0.15, 0.2) is 5.82 Å². The van der Waals surface area contributed by atoms with Gasteiger partial charge in [-0.1, -0.05) is 12.5 Å². The lowest BCUT2D eigenvalue weighted by molar-refractivity contribution is 0.360. The molecule has 4 rings (SSSR count). The number of nitrogens with one attached hydrogen (secondary N) is 1. The molecule has 0 bridgehead atoms. The molecule has 2 unspecified atom stereocenters. The second-order valence-electron chi connectivity index (χ2n) is 6.44. The maximum atomic E-state index is 4.96. The molecule has 2 aliphatic rings. The average Bonchev–Trinajstić information content (AvgIpc) is 3.12. The Labute approximate surface area is 126 Å². The smallest absolute Gasteiger partial charge is 0.152 e. The topological polar surface area (TPSA) is 32.6 Å². The van der Waals surface area contributed by atoms with Gasteiger partial charge in [-0.2, -0.15) is 0 Å². The summed E-state index contributed by atoms with van der Waals surface area (Å²) in [5, 5.41) is 3.31. The lowest BCUT2D eigenvalue weighted by Crippen LogP contribution is -2.43. The Morgan fingerprint density at radius 3 is 3.05 bits per heavy atom. The molecule has 112 valence electrons. The molecule has 1 saturated carbocycles. The van der Waals surface area contributed by atoms with Gasteiger partial charge in [0.05, 0.1) is 5.69 Å². The number of anilines is 1. The van der Waals surface area contributed by atoms with Crippen molar-refractivity contribution in [2.75, 3.05) is 18.5 Å². The molecule has 1 aliphatic carbocycles. The van der Waals surface area contributed by atoms with Crippen LogP contribution in [0.15, 0.2) is 24.4 Å². The average molecular weight is 284 g/mol. The van der Waals surface area contributed by atoms with Crippen molar-refractivity contribution in [2.24, 2.45) is 5.92 Å². The number of nitrogens with zero attached hydrogens (tertiary/aromatic N) is 3. The largest absolute Gasteiger partial charge is 0.352 e. The third-order valence-electron chi connectivity index (χ3n) is 5.22. The molecule has 0 radical (unpaired) electrons. The molecule has 1 aliphatic heterocycles. The fourth-order valence-corrected chi connectivity index (χ4v) is 4.31. The van der Waals surface area contributed by atoms with Gasteiger partial charge < -0.3 is 14.6 Å². The zero-order valence-electron chi connectivity index (χ0n) is 12.8. The number of rotatable bonds is 3. The van der Waals surface area contributed by atoms with E-state index in [4.69, 9.17) is 4.98 Å². The van der Waals surface area contributed by atoms with E-state index in [-0.39, 0.29) is 0 Å². The molecule has 2 aromatic heterocycles. The highest BCUT2D eigenvalue weighted by Crippen LogP contribution is 2.39. The first-order valence-electron chi connectivity index (χ1n) is 8.25. The molecule has 2 aromatic rings. The Balaban J connectivity index is 1.79. The van der Waals surface area contributed by atoms with E-state index in [0.717, 1.165) is 24.2 Å². The summed E-state index contributed by atoms with van der Waals surface area (Å²) in [5.41, 5.74) is 2.37. The third-order valence-corrected chi connectivity index (χ3v) is 5.22. The summed E-state index contributed by atoms with van der Waals surface area (Å²) in [4.78, 5) is 7.58. The van der Waals surface area contributed by atoms with Gasteiger partial charge in [0.2, 0.25) is 0 Å². The predicted molar refractivity (Wildman–Crippen MR) is 85.7 cm³/mol. The normalized spacial score (nSPS) is 25.5. The predicted octanol–water partition coefficient (Wildman–Crippen LogP) is 2.82. The number of hydrogen-bond acceptors (Lipinski definition) is 3. The van der Waals surface area contributed by atoms with Crippen LogP contribution >= 0.6 is 0 Å². The maximum Gasteiger partial charge on any atom is 0.152 e. The fourth-order valence-electron chi connectivity index (χ4n) is 4.31. The third kappa shape index (κ3) is 2.13. The Morgan fingerprint density at radius 1 is 1.24 bits per heavy atom. The Hall–Kier alpha value is -1.55. The molecule has 4 heteroatoms.